The van der Waals surface area contributed by atoms with Gasteiger partial charge in [0, 0.05) is 19.2 Å². The number of β-amino-alcohol motifs (C(OH)–C–C–N with tert-alkyl or cyclic N) is 1. The van der Waals surface area contributed by atoms with Crippen LogP contribution in [0.15, 0.2) is 29.2 Å². The van der Waals surface area contributed by atoms with Crippen LogP contribution in [-0.2, 0) is 10.0 Å². The maximum Gasteiger partial charge on any atom is 0.289 e. The van der Waals surface area contributed by atoms with E-state index >= 15 is 0 Å². The average molecular weight is 286 g/mol. The summed E-state index contributed by atoms with van der Waals surface area (Å²) in [4.78, 5) is 9.85. The molecule has 1 fully saturated rings. The predicted octanol–water partition coefficient (Wildman–Crippen LogP) is 0.740. The highest BCUT2D eigenvalue weighted by molar-refractivity contribution is 7.89. The van der Waals surface area contributed by atoms with Crippen molar-refractivity contribution in [3.8, 4) is 0 Å². The molecule has 1 atom stereocenters. The van der Waals surface area contributed by atoms with E-state index in [1.165, 1.54) is 18.2 Å². The first-order valence-corrected chi connectivity index (χ1v) is 7.28. The average Bonchev–Trinajstić information content (AvgIpc) is 2.38. The van der Waals surface area contributed by atoms with Crippen molar-refractivity contribution in [2.24, 2.45) is 0 Å². The minimum absolute atomic E-state index is 0.0195. The number of piperidine rings is 1. The third-order valence-corrected chi connectivity index (χ3v) is 4.95. The molecule has 1 heterocycles. The third-order valence-electron chi connectivity index (χ3n) is 3.04. The van der Waals surface area contributed by atoms with Gasteiger partial charge in [-0.2, -0.15) is 4.31 Å². The molecule has 1 aliphatic rings. The molecule has 7 nitrogen and oxygen atoms in total. The second-order valence-corrected chi connectivity index (χ2v) is 6.29. The number of nitro benzene ring substituents is 1. The minimum Gasteiger partial charge on any atom is -0.392 e. The van der Waals surface area contributed by atoms with Crippen molar-refractivity contribution < 1.29 is 18.4 Å². The Labute approximate surface area is 110 Å². The van der Waals surface area contributed by atoms with Gasteiger partial charge in [-0.15, -0.1) is 0 Å². The Morgan fingerprint density at radius 1 is 1.37 bits per heavy atom. The van der Waals surface area contributed by atoms with Gasteiger partial charge in [-0.05, 0) is 18.9 Å². The number of rotatable bonds is 3. The maximum atomic E-state index is 12.4. The summed E-state index contributed by atoms with van der Waals surface area (Å²) in [5, 5.41) is 20.4. The molecule has 2 rings (SSSR count). The zero-order chi connectivity index (χ0) is 14.0. The van der Waals surface area contributed by atoms with E-state index < -0.39 is 26.7 Å². The summed E-state index contributed by atoms with van der Waals surface area (Å²) in [5.41, 5.74) is -0.442. The Hall–Kier alpha value is -1.51. The molecule has 1 aromatic carbocycles. The normalized spacial score (nSPS) is 21.2. The molecule has 8 heteroatoms. The zero-order valence-corrected chi connectivity index (χ0v) is 10.9. The number of nitro groups is 1. The minimum atomic E-state index is -3.94. The first-order chi connectivity index (χ1) is 8.93. The molecule has 0 amide bonds. The monoisotopic (exact) mass is 286 g/mol. The Bertz CT molecular complexity index is 587. The fraction of sp³-hybridized carbons (Fsp3) is 0.455. The Morgan fingerprint density at radius 2 is 2.05 bits per heavy atom. The van der Waals surface area contributed by atoms with Crippen molar-refractivity contribution in [1.29, 1.82) is 0 Å². The number of para-hydroxylation sites is 1. The molecule has 0 aliphatic carbocycles. The molecule has 0 bridgehead atoms. The molecule has 0 radical (unpaired) electrons. The van der Waals surface area contributed by atoms with Crippen molar-refractivity contribution >= 4 is 15.7 Å². The summed E-state index contributed by atoms with van der Waals surface area (Å²) in [5.74, 6) is 0. The van der Waals surface area contributed by atoms with E-state index in [0.29, 0.717) is 12.8 Å². The molecule has 104 valence electrons. The summed E-state index contributed by atoms with van der Waals surface area (Å²) in [7, 11) is -3.94. The van der Waals surface area contributed by atoms with Gasteiger partial charge < -0.3 is 5.11 Å². The molecule has 1 N–H and O–H groups in total. The van der Waals surface area contributed by atoms with Crippen LogP contribution in [0.5, 0.6) is 0 Å². The Balaban J connectivity index is 2.42. The van der Waals surface area contributed by atoms with Crippen LogP contribution in [0.2, 0.25) is 0 Å². The lowest BCUT2D eigenvalue weighted by molar-refractivity contribution is -0.387. The second kappa shape index (κ2) is 5.24. The van der Waals surface area contributed by atoms with Crippen LogP contribution >= 0.6 is 0 Å². The van der Waals surface area contributed by atoms with Crippen molar-refractivity contribution in [2.45, 2.75) is 23.8 Å². The number of aliphatic hydroxyl groups is 1. The molecular formula is C11H14N2O5S. The van der Waals surface area contributed by atoms with E-state index in [1.54, 1.807) is 0 Å². The summed E-state index contributed by atoms with van der Waals surface area (Å²) in [6.45, 7) is 0.250. The van der Waals surface area contributed by atoms with Gasteiger partial charge in [-0.1, -0.05) is 12.1 Å². The van der Waals surface area contributed by atoms with Crippen LogP contribution in [0.3, 0.4) is 0 Å². The van der Waals surface area contributed by atoms with Crippen molar-refractivity contribution in [3.63, 3.8) is 0 Å². The lowest BCUT2D eigenvalue weighted by Crippen LogP contribution is -2.42. The summed E-state index contributed by atoms with van der Waals surface area (Å²) in [6, 6.07) is 5.24. The number of nitrogens with zero attached hydrogens (tertiary/aromatic N) is 2. The number of hydrogen-bond donors (Lipinski definition) is 1. The van der Waals surface area contributed by atoms with Crippen LogP contribution in [0.4, 0.5) is 5.69 Å². The molecule has 0 spiro atoms. The number of hydrogen-bond acceptors (Lipinski definition) is 5. The first-order valence-electron chi connectivity index (χ1n) is 5.84. The fourth-order valence-corrected chi connectivity index (χ4v) is 3.78. The van der Waals surface area contributed by atoms with Crippen molar-refractivity contribution in [1.82, 2.24) is 4.31 Å². The van der Waals surface area contributed by atoms with E-state index in [1.807, 2.05) is 0 Å². The van der Waals surface area contributed by atoms with Gasteiger partial charge >= 0.3 is 0 Å². The number of benzene rings is 1. The SMILES string of the molecule is O=[N+]([O-])c1ccccc1S(=O)(=O)N1CCC[C@H](O)C1. The van der Waals surface area contributed by atoms with Crippen LogP contribution < -0.4 is 0 Å². The van der Waals surface area contributed by atoms with Crippen LogP contribution in [0, 0.1) is 10.1 Å². The van der Waals surface area contributed by atoms with Crippen molar-refractivity contribution in [3.05, 3.63) is 34.4 Å². The zero-order valence-electron chi connectivity index (χ0n) is 10.1. The van der Waals surface area contributed by atoms with Gasteiger partial charge in [-0.25, -0.2) is 8.42 Å². The molecule has 19 heavy (non-hydrogen) atoms. The Kier molecular flexibility index (Phi) is 3.83. The fourth-order valence-electron chi connectivity index (χ4n) is 2.10. The second-order valence-electron chi connectivity index (χ2n) is 4.38. The van der Waals surface area contributed by atoms with Gasteiger partial charge in [0.1, 0.15) is 0 Å². The highest BCUT2D eigenvalue weighted by Gasteiger charge is 2.33. The largest absolute Gasteiger partial charge is 0.392 e. The molecule has 1 aliphatic heterocycles. The standard InChI is InChI=1S/C11H14N2O5S/c14-9-4-3-7-12(8-9)19(17,18)11-6-2-1-5-10(11)13(15)16/h1-2,5-6,9,14H,3-4,7-8H2/t9-/m0/s1. The Morgan fingerprint density at radius 3 is 2.68 bits per heavy atom. The lowest BCUT2D eigenvalue weighted by Gasteiger charge is -2.28. The van der Waals surface area contributed by atoms with Crippen molar-refractivity contribution in [2.75, 3.05) is 13.1 Å². The van der Waals surface area contributed by atoms with Gasteiger partial charge in [0.05, 0.1) is 11.0 Å². The maximum absolute atomic E-state index is 12.4. The van der Waals surface area contributed by atoms with Gasteiger partial charge in [0.2, 0.25) is 10.0 Å². The quantitative estimate of drug-likeness (QED) is 0.652. The number of aliphatic hydroxyl groups excluding tert-OH is 1. The molecule has 1 aromatic rings. The molecule has 0 aromatic heterocycles. The summed E-state index contributed by atoms with van der Waals surface area (Å²) < 4.78 is 25.8. The lowest BCUT2D eigenvalue weighted by atomic mass is 10.1. The van der Waals surface area contributed by atoms with Crippen LogP contribution in [0.1, 0.15) is 12.8 Å². The number of sulfonamides is 1. The van der Waals surface area contributed by atoms with Gasteiger partial charge in [0.15, 0.2) is 4.90 Å². The van der Waals surface area contributed by atoms with E-state index in [-0.39, 0.29) is 18.0 Å². The molecule has 1 saturated heterocycles. The highest BCUT2D eigenvalue weighted by Crippen LogP contribution is 2.28. The van der Waals surface area contributed by atoms with Crippen LogP contribution in [-0.4, -0.2) is 41.9 Å². The third kappa shape index (κ3) is 2.75. The van der Waals surface area contributed by atoms with E-state index in [0.717, 1.165) is 10.4 Å². The smallest absolute Gasteiger partial charge is 0.289 e. The van der Waals surface area contributed by atoms with E-state index in [2.05, 4.69) is 0 Å². The van der Waals surface area contributed by atoms with Gasteiger partial charge in [0.25, 0.3) is 5.69 Å². The van der Waals surface area contributed by atoms with E-state index in [9.17, 15) is 23.6 Å². The molecule has 0 unspecified atom stereocenters. The molecule has 0 saturated carbocycles. The topological polar surface area (TPSA) is 101 Å². The predicted molar refractivity (Wildman–Crippen MR) is 67.1 cm³/mol. The molecular weight excluding hydrogens is 272 g/mol. The summed E-state index contributed by atoms with van der Waals surface area (Å²) >= 11 is 0. The van der Waals surface area contributed by atoms with Crippen LogP contribution in [0.25, 0.3) is 0 Å². The van der Waals surface area contributed by atoms with Gasteiger partial charge in [-0.3, -0.25) is 10.1 Å². The highest BCUT2D eigenvalue weighted by atomic mass is 32.2. The van der Waals surface area contributed by atoms with E-state index in [4.69, 9.17) is 0 Å². The summed E-state index contributed by atoms with van der Waals surface area (Å²) in [6.07, 6.45) is 0.371. The first kappa shape index (κ1) is 13.9.